The second-order valence-electron chi connectivity index (χ2n) is 4.83. The van der Waals surface area contributed by atoms with E-state index in [9.17, 15) is 18.0 Å². The Morgan fingerprint density at radius 2 is 1.65 bits per heavy atom. The third-order valence-electron chi connectivity index (χ3n) is 3.07. The van der Waals surface area contributed by atoms with Crippen LogP contribution in [0.4, 0.5) is 5.69 Å². The fraction of sp³-hybridized carbons (Fsp3) is 0.125. The summed E-state index contributed by atoms with van der Waals surface area (Å²) in [6.45, 7) is 0. The molecule has 0 unspecified atom stereocenters. The number of amides is 1. The predicted molar refractivity (Wildman–Crippen MR) is 85.3 cm³/mol. The Hall–Kier alpha value is -2.67. The van der Waals surface area contributed by atoms with Gasteiger partial charge in [0.15, 0.2) is 9.84 Å². The molecular weight excluding hydrogens is 318 g/mol. The summed E-state index contributed by atoms with van der Waals surface area (Å²) in [5, 5.41) is 2.61. The van der Waals surface area contributed by atoms with Gasteiger partial charge in [-0.2, -0.15) is 0 Å². The van der Waals surface area contributed by atoms with E-state index in [1.807, 2.05) is 0 Å². The molecule has 0 aliphatic rings. The summed E-state index contributed by atoms with van der Waals surface area (Å²) in [5.41, 5.74) is 0.911. The Morgan fingerprint density at radius 1 is 1.00 bits per heavy atom. The van der Waals surface area contributed by atoms with Crippen LogP contribution in [0.1, 0.15) is 20.7 Å². The molecule has 7 heteroatoms. The maximum Gasteiger partial charge on any atom is 0.337 e. The van der Waals surface area contributed by atoms with Crippen LogP contribution < -0.4 is 5.32 Å². The summed E-state index contributed by atoms with van der Waals surface area (Å²) in [4.78, 5) is 23.8. The SMILES string of the molecule is COC(=O)c1cccc(NC(=O)c2cccc(S(C)(=O)=O)c2)c1. The summed E-state index contributed by atoms with van der Waals surface area (Å²) in [6, 6.07) is 12.0. The lowest BCUT2D eigenvalue weighted by Crippen LogP contribution is -2.13. The van der Waals surface area contributed by atoms with Crippen LogP contribution in [0.5, 0.6) is 0 Å². The molecule has 2 rings (SSSR count). The first-order valence-electron chi connectivity index (χ1n) is 6.61. The third-order valence-corrected chi connectivity index (χ3v) is 4.18. The van der Waals surface area contributed by atoms with Crippen molar-refractivity contribution >= 4 is 27.4 Å². The smallest absolute Gasteiger partial charge is 0.337 e. The van der Waals surface area contributed by atoms with Crippen LogP contribution in [0.2, 0.25) is 0 Å². The lowest BCUT2D eigenvalue weighted by molar-refractivity contribution is 0.0600. The molecule has 0 spiro atoms. The standard InChI is InChI=1S/C16H15NO5S/c1-22-16(19)12-6-3-7-13(9-12)17-15(18)11-5-4-8-14(10-11)23(2,20)21/h3-10H,1-2H3,(H,17,18). The Kier molecular flexibility index (Phi) is 4.80. The molecule has 1 amide bonds. The minimum absolute atomic E-state index is 0.0634. The number of carbonyl (C=O) groups excluding carboxylic acids is 2. The normalized spacial score (nSPS) is 10.9. The lowest BCUT2D eigenvalue weighted by atomic mass is 10.1. The first kappa shape index (κ1) is 16.7. The zero-order valence-corrected chi connectivity index (χ0v) is 13.4. The molecule has 0 atom stereocenters. The van der Waals surface area contributed by atoms with Crippen molar-refractivity contribution in [2.24, 2.45) is 0 Å². The minimum Gasteiger partial charge on any atom is -0.465 e. The van der Waals surface area contributed by atoms with Crippen molar-refractivity contribution in [2.45, 2.75) is 4.90 Å². The predicted octanol–water partition coefficient (Wildman–Crippen LogP) is 2.13. The third kappa shape index (κ3) is 4.17. The van der Waals surface area contributed by atoms with Crippen molar-refractivity contribution in [2.75, 3.05) is 18.7 Å². The van der Waals surface area contributed by atoms with E-state index < -0.39 is 21.7 Å². The molecule has 2 aromatic carbocycles. The van der Waals surface area contributed by atoms with Gasteiger partial charge in [-0.1, -0.05) is 12.1 Å². The fourth-order valence-corrected chi connectivity index (χ4v) is 2.58. The number of hydrogen-bond acceptors (Lipinski definition) is 5. The first-order chi connectivity index (χ1) is 10.8. The van der Waals surface area contributed by atoms with E-state index in [2.05, 4.69) is 10.1 Å². The average molecular weight is 333 g/mol. The number of hydrogen-bond donors (Lipinski definition) is 1. The fourth-order valence-electron chi connectivity index (χ4n) is 1.91. The van der Waals surface area contributed by atoms with Crippen LogP contribution in [-0.2, 0) is 14.6 Å². The number of ether oxygens (including phenoxy) is 1. The molecule has 0 aliphatic heterocycles. The van der Waals surface area contributed by atoms with Crippen molar-refractivity contribution < 1.29 is 22.7 Å². The van der Waals surface area contributed by atoms with Gasteiger partial charge in [-0.25, -0.2) is 13.2 Å². The second-order valence-corrected chi connectivity index (χ2v) is 6.84. The molecule has 120 valence electrons. The van der Waals surface area contributed by atoms with E-state index >= 15 is 0 Å². The highest BCUT2D eigenvalue weighted by atomic mass is 32.2. The van der Waals surface area contributed by atoms with Crippen molar-refractivity contribution in [3.8, 4) is 0 Å². The second kappa shape index (κ2) is 6.62. The minimum atomic E-state index is -3.39. The van der Waals surface area contributed by atoms with E-state index in [1.165, 1.54) is 37.4 Å². The zero-order chi connectivity index (χ0) is 17.0. The summed E-state index contributed by atoms with van der Waals surface area (Å²) in [7, 11) is -2.13. The number of anilines is 1. The summed E-state index contributed by atoms with van der Waals surface area (Å²) in [6.07, 6.45) is 1.07. The highest BCUT2D eigenvalue weighted by Gasteiger charge is 2.13. The largest absolute Gasteiger partial charge is 0.465 e. The monoisotopic (exact) mass is 333 g/mol. The van der Waals surface area contributed by atoms with Gasteiger partial charge >= 0.3 is 5.97 Å². The van der Waals surface area contributed by atoms with E-state index in [0.717, 1.165) is 6.26 Å². The van der Waals surface area contributed by atoms with Crippen LogP contribution in [0.3, 0.4) is 0 Å². The van der Waals surface area contributed by atoms with Gasteiger partial charge in [0, 0.05) is 17.5 Å². The van der Waals surface area contributed by atoms with E-state index in [1.54, 1.807) is 18.2 Å². The Balaban J connectivity index is 2.25. The molecule has 6 nitrogen and oxygen atoms in total. The summed E-state index contributed by atoms with van der Waals surface area (Å²) >= 11 is 0. The van der Waals surface area contributed by atoms with Crippen LogP contribution in [0.15, 0.2) is 53.4 Å². The van der Waals surface area contributed by atoms with E-state index in [4.69, 9.17) is 0 Å². The number of sulfone groups is 1. The number of rotatable bonds is 4. The first-order valence-corrected chi connectivity index (χ1v) is 8.50. The van der Waals surface area contributed by atoms with Gasteiger partial charge in [-0.05, 0) is 36.4 Å². The molecule has 0 saturated heterocycles. The van der Waals surface area contributed by atoms with Crippen LogP contribution >= 0.6 is 0 Å². The van der Waals surface area contributed by atoms with Crippen LogP contribution in [-0.4, -0.2) is 33.7 Å². The van der Waals surface area contributed by atoms with Gasteiger partial charge in [-0.15, -0.1) is 0 Å². The lowest BCUT2D eigenvalue weighted by Gasteiger charge is -2.08. The van der Waals surface area contributed by atoms with Crippen molar-refractivity contribution in [1.29, 1.82) is 0 Å². The Labute approximate surface area is 134 Å². The van der Waals surface area contributed by atoms with Gasteiger partial charge in [0.25, 0.3) is 5.91 Å². The molecule has 2 aromatic rings. The molecule has 0 radical (unpaired) electrons. The van der Waals surface area contributed by atoms with Crippen molar-refractivity contribution in [3.63, 3.8) is 0 Å². The molecule has 0 aliphatic carbocycles. The van der Waals surface area contributed by atoms with Crippen LogP contribution in [0.25, 0.3) is 0 Å². The average Bonchev–Trinajstić information content (AvgIpc) is 2.53. The maximum absolute atomic E-state index is 12.2. The quantitative estimate of drug-likeness (QED) is 0.866. The van der Waals surface area contributed by atoms with Gasteiger partial charge in [-0.3, -0.25) is 4.79 Å². The van der Waals surface area contributed by atoms with Crippen molar-refractivity contribution in [1.82, 2.24) is 0 Å². The van der Waals surface area contributed by atoms with Gasteiger partial charge in [0.2, 0.25) is 0 Å². The van der Waals surface area contributed by atoms with Crippen LogP contribution in [0, 0.1) is 0 Å². The number of methoxy groups -OCH3 is 1. The number of carbonyl (C=O) groups is 2. The summed E-state index contributed by atoms with van der Waals surface area (Å²) in [5.74, 6) is -0.988. The number of esters is 1. The highest BCUT2D eigenvalue weighted by Crippen LogP contribution is 2.15. The molecule has 1 N–H and O–H groups in total. The molecule has 0 saturated carbocycles. The molecule has 0 bridgehead atoms. The van der Waals surface area contributed by atoms with Gasteiger partial charge in [0.05, 0.1) is 17.6 Å². The van der Waals surface area contributed by atoms with E-state index in [0.29, 0.717) is 11.3 Å². The van der Waals surface area contributed by atoms with Crippen molar-refractivity contribution in [3.05, 3.63) is 59.7 Å². The number of benzene rings is 2. The zero-order valence-electron chi connectivity index (χ0n) is 12.6. The molecule has 0 aromatic heterocycles. The molecular formula is C16H15NO5S. The highest BCUT2D eigenvalue weighted by molar-refractivity contribution is 7.90. The van der Waals surface area contributed by atoms with E-state index in [-0.39, 0.29) is 10.5 Å². The number of nitrogens with one attached hydrogen (secondary N) is 1. The van der Waals surface area contributed by atoms with Gasteiger partial charge < -0.3 is 10.1 Å². The summed E-state index contributed by atoms with van der Waals surface area (Å²) < 4.78 is 27.7. The molecule has 0 heterocycles. The molecule has 0 fully saturated rings. The molecule has 23 heavy (non-hydrogen) atoms. The topological polar surface area (TPSA) is 89.5 Å². The maximum atomic E-state index is 12.2. The van der Waals surface area contributed by atoms with Gasteiger partial charge in [0.1, 0.15) is 0 Å². The Morgan fingerprint density at radius 3 is 2.30 bits per heavy atom. The Bertz CT molecular complexity index is 858.